The van der Waals surface area contributed by atoms with Gasteiger partial charge in [0.15, 0.2) is 0 Å². The number of piperidine rings is 1. The zero-order valence-electron chi connectivity index (χ0n) is 12.3. The Morgan fingerprint density at radius 3 is 2.64 bits per heavy atom. The van der Waals surface area contributed by atoms with Gasteiger partial charge in [-0.15, -0.1) is 0 Å². The molecule has 0 aliphatic carbocycles. The van der Waals surface area contributed by atoms with E-state index in [0.717, 1.165) is 39.1 Å². The Balaban J connectivity index is 1.59. The predicted octanol–water partition coefficient (Wildman–Crippen LogP) is 0.728. The predicted molar refractivity (Wildman–Crippen MR) is 80.6 cm³/mol. The number of likely N-dealkylation sites (tertiary alicyclic amines) is 1. The first-order chi connectivity index (χ1) is 10.7. The smallest absolute Gasteiger partial charge is 0.263 e. The van der Waals surface area contributed by atoms with Gasteiger partial charge in [-0.3, -0.25) is 19.4 Å². The fourth-order valence-electron chi connectivity index (χ4n) is 3.62. The van der Waals surface area contributed by atoms with Gasteiger partial charge in [0.05, 0.1) is 36.4 Å². The number of fused-ring (bicyclic) bond motifs is 1. The second-order valence-electron chi connectivity index (χ2n) is 6.23. The number of nitrogens with two attached hydrogens (primary N) is 1. The summed E-state index contributed by atoms with van der Waals surface area (Å²) in [6, 6.07) is 5.45. The van der Waals surface area contributed by atoms with Crippen molar-refractivity contribution in [3.8, 4) is 0 Å². The van der Waals surface area contributed by atoms with Gasteiger partial charge in [-0.2, -0.15) is 0 Å². The number of carbonyl (C=O) groups is 2. The lowest BCUT2D eigenvalue weighted by Crippen LogP contribution is -2.57. The summed E-state index contributed by atoms with van der Waals surface area (Å²) in [7, 11) is 0. The molecular weight excluding hydrogens is 282 g/mol. The Bertz CT molecular complexity index is 642. The van der Waals surface area contributed by atoms with Gasteiger partial charge < -0.3 is 10.5 Å². The van der Waals surface area contributed by atoms with Crippen molar-refractivity contribution in [2.45, 2.75) is 24.9 Å². The van der Waals surface area contributed by atoms with E-state index in [9.17, 15) is 9.59 Å². The number of nitrogens with zero attached hydrogens (tertiary/aromatic N) is 2. The molecule has 6 nitrogen and oxygen atoms in total. The van der Waals surface area contributed by atoms with Crippen molar-refractivity contribution < 1.29 is 14.3 Å². The highest BCUT2D eigenvalue weighted by Crippen LogP contribution is 2.32. The lowest BCUT2D eigenvalue weighted by atomic mass is 10.0. The number of benzene rings is 1. The number of amides is 2. The third kappa shape index (κ3) is 1.94. The summed E-state index contributed by atoms with van der Waals surface area (Å²) >= 11 is 0. The summed E-state index contributed by atoms with van der Waals surface area (Å²) in [6.45, 7) is 3.25. The van der Waals surface area contributed by atoms with Crippen LogP contribution >= 0.6 is 0 Å². The number of hydrogen-bond donors (Lipinski definition) is 1. The summed E-state index contributed by atoms with van der Waals surface area (Å²) in [5.41, 5.74) is 7.09. The molecule has 0 saturated carbocycles. The molecule has 22 heavy (non-hydrogen) atoms. The van der Waals surface area contributed by atoms with E-state index < -0.39 is 0 Å². The molecule has 2 fully saturated rings. The van der Waals surface area contributed by atoms with E-state index in [1.54, 1.807) is 18.2 Å². The summed E-state index contributed by atoms with van der Waals surface area (Å²) in [5, 5.41) is 0. The Morgan fingerprint density at radius 2 is 1.95 bits per heavy atom. The lowest BCUT2D eigenvalue weighted by molar-refractivity contribution is -0.0767. The van der Waals surface area contributed by atoms with Crippen molar-refractivity contribution in [3.05, 3.63) is 29.3 Å². The van der Waals surface area contributed by atoms with Crippen LogP contribution in [0.15, 0.2) is 18.2 Å². The van der Waals surface area contributed by atoms with Gasteiger partial charge in [0.1, 0.15) is 0 Å². The quantitative estimate of drug-likeness (QED) is 0.644. The molecule has 0 bridgehead atoms. The molecule has 0 spiro atoms. The maximum atomic E-state index is 12.7. The highest BCUT2D eigenvalue weighted by atomic mass is 16.5. The minimum Gasteiger partial charge on any atom is -0.398 e. The molecule has 2 N–H and O–H groups in total. The molecule has 1 aromatic carbocycles. The van der Waals surface area contributed by atoms with Crippen LogP contribution in [0.25, 0.3) is 0 Å². The van der Waals surface area contributed by atoms with Crippen molar-refractivity contribution in [2.24, 2.45) is 0 Å². The average Bonchev–Trinajstić information content (AvgIpc) is 2.70. The van der Waals surface area contributed by atoms with Crippen molar-refractivity contribution in [3.63, 3.8) is 0 Å². The summed E-state index contributed by atoms with van der Waals surface area (Å²) in [5.74, 6) is -0.446. The first-order valence-corrected chi connectivity index (χ1v) is 7.75. The van der Waals surface area contributed by atoms with E-state index in [4.69, 9.17) is 10.5 Å². The number of anilines is 1. The van der Waals surface area contributed by atoms with Gasteiger partial charge >= 0.3 is 0 Å². The molecule has 116 valence electrons. The van der Waals surface area contributed by atoms with E-state index in [0.29, 0.717) is 22.9 Å². The third-order valence-electron chi connectivity index (χ3n) is 4.91. The molecule has 0 unspecified atom stereocenters. The van der Waals surface area contributed by atoms with E-state index in [1.807, 2.05) is 0 Å². The summed E-state index contributed by atoms with van der Waals surface area (Å²) < 4.78 is 5.25. The van der Waals surface area contributed by atoms with Gasteiger partial charge in [-0.1, -0.05) is 6.07 Å². The molecule has 3 aliphatic heterocycles. The fraction of sp³-hybridized carbons (Fsp3) is 0.500. The number of imide groups is 1. The van der Waals surface area contributed by atoms with Crippen molar-refractivity contribution >= 4 is 17.5 Å². The number of carbonyl (C=O) groups excluding carboxylic acids is 2. The van der Waals surface area contributed by atoms with Gasteiger partial charge in [0.25, 0.3) is 11.8 Å². The number of nitrogen functional groups attached to an aromatic ring is 1. The van der Waals surface area contributed by atoms with E-state index in [-0.39, 0.29) is 17.9 Å². The van der Waals surface area contributed by atoms with Crippen molar-refractivity contribution in [1.29, 1.82) is 0 Å². The third-order valence-corrected chi connectivity index (χ3v) is 4.91. The summed E-state index contributed by atoms with van der Waals surface area (Å²) in [4.78, 5) is 29.1. The standard InChI is InChI=1S/C16H19N3O3/c17-13-5-1-4-12-14(13)16(21)19(15(12)20)10-3-2-6-18(7-10)11-8-22-9-11/h1,4-5,10-11H,2-3,6-9,17H2/t10-/m1/s1. The number of hydrogen-bond acceptors (Lipinski definition) is 5. The second kappa shape index (κ2) is 5.07. The zero-order chi connectivity index (χ0) is 15.3. The lowest BCUT2D eigenvalue weighted by Gasteiger charge is -2.43. The molecule has 2 amide bonds. The molecule has 1 aromatic rings. The van der Waals surface area contributed by atoms with Crippen LogP contribution in [0, 0.1) is 0 Å². The Kier molecular flexibility index (Phi) is 3.16. The van der Waals surface area contributed by atoms with Crippen molar-refractivity contribution in [2.75, 3.05) is 32.0 Å². The maximum Gasteiger partial charge on any atom is 0.263 e. The zero-order valence-corrected chi connectivity index (χ0v) is 12.3. The van der Waals surface area contributed by atoms with Gasteiger partial charge in [-0.05, 0) is 31.5 Å². The van der Waals surface area contributed by atoms with Crippen LogP contribution in [-0.4, -0.2) is 60.0 Å². The van der Waals surface area contributed by atoms with Crippen LogP contribution in [0.3, 0.4) is 0 Å². The molecule has 3 heterocycles. The topological polar surface area (TPSA) is 75.9 Å². The minimum atomic E-state index is -0.241. The molecule has 0 aromatic heterocycles. The molecular formula is C16H19N3O3. The molecule has 0 radical (unpaired) electrons. The maximum absolute atomic E-state index is 12.7. The van der Waals surface area contributed by atoms with Gasteiger partial charge in [-0.25, -0.2) is 0 Å². The van der Waals surface area contributed by atoms with E-state index in [2.05, 4.69) is 4.90 Å². The molecule has 4 rings (SSSR count). The van der Waals surface area contributed by atoms with Gasteiger partial charge in [0.2, 0.25) is 0 Å². The van der Waals surface area contributed by atoms with Gasteiger partial charge in [0, 0.05) is 12.2 Å². The van der Waals surface area contributed by atoms with E-state index in [1.165, 1.54) is 4.90 Å². The monoisotopic (exact) mass is 301 g/mol. The van der Waals surface area contributed by atoms with Crippen molar-refractivity contribution in [1.82, 2.24) is 9.80 Å². The highest BCUT2D eigenvalue weighted by Gasteiger charge is 2.43. The Labute approximate surface area is 128 Å². The van der Waals surface area contributed by atoms with E-state index >= 15 is 0 Å². The molecule has 6 heteroatoms. The minimum absolute atomic E-state index is 0.0684. The number of rotatable bonds is 2. The first-order valence-electron chi connectivity index (χ1n) is 7.75. The normalized spacial score (nSPS) is 26.2. The second-order valence-corrected chi connectivity index (χ2v) is 6.23. The van der Waals surface area contributed by atoms with Crippen LogP contribution in [0.1, 0.15) is 33.6 Å². The van der Waals surface area contributed by atoms with Crippen LogP contribution in [0.2, 0.25) is 0 Å². The molecule has 2 saturated heterocycles. The highest BCUT2D eigenvalue weighted by molar-refractivity contribution is 6.23. The van der Waals surface area contributed by atoms with Crippen LogP contribution in [-0.2, 0) is 4.74 Å². The first kappa shape index (κ1) is 13.7. The fourth-order valence-corrected chi connectivity index (χ4v) is 3.62. The van der Waals surface area contributed by atoms with Crippen LogP contribution in [0.4, 0.5) is 5.69 Å². The largest absolute Gasteiger partial charge is 0.398 e. The summed E-state index contributed by atoms with van der Waals surface area (Å²) in [6.07, 6.45) is 1.85. The van der Waals surface area contributed by atoms with Crippen LogP contribution < -0.4 is 5.73 Å². The Hall–Kier alpha value is -1.92. The molecule has 1 atom stereocenters. The van der Waals surface area contributed by atoms with Crippen LogP contribution in [0.5, 0.6) is 0 Å². The SMILES string of the molecule is Nc1cccc2c1C(=O)N([C@@H]1CCCN(C3COC3)C1)C2=O. The average molecular weight is 301 g/mol. The Morgan fingerprint density at radius 1 is 1.14 bits per heavy atom. The molecule has 3 aliphatic rings. The number of ether oxygens (including phenoxy) is 1.